The summed E-state index contributed by atoms with van der Waals surface area (Å²) in [7, 11) is 0. The molecule has 1 aliphatic rings. The van der Waals surface area contributed by atoms with Gasteiger partial charge in [-0.1, -0.05) is 0 Å². The molecule has 2 nitrogen and oxygen atoms in total. The van der Waals surface area contributed by atoms with Crippen molar-refractivity contribution in [2.75, 3.05) is 12.4 Å². The second kappa shape index (κ2) is 5.85. The highest BCUT2D eigenvalue weighted by atomic mass is 32.2. The lowest BCUT2D eigenvalue weighted by atomic mass is 10.1. The van der Waals surface area contributed by atoms with Crippen LogP contribution in [0.5, 0.6) is 0 Å². The molecule has 17 heavy (non-hydrogen) atoms. The molecule has 1 aromatic rings. The zero-order chi connectivity index (χ0) is 12.3. The first-order valence-electron chi connectivity index (χ1n) is 5.88. The van der Waals surface area contributed by atoms with Crippen LogP contribution < -0.4 is 0 Å². The van der Waals surface area contributed by atoms with Gasteiger partial charge in [-0.2, -0.15) is 0 Å². The van der Waals surface area contributed by atoms with Crippen LogP contribution in [0.2, 0.25) is 0 Å². The first-order valence-corrected chi connectivity index (χ1v) is 6.87. The van der Waals surface area contributed by atoms with E-state index in [1.54, 1.807) is 24.8 Å². The highest BCUT2D eigenvalue weighted by Crippen LogP contribution is 2.30. The Hall–Kier alpha value is -0.580. The predicted octanol–water partition coefficient (Wildman–Crippen LogP) is 3.15. The maximum Gasteiger partial charge on any atom is 0.123 e. The van der Waals surface area contributed by atoms with Gasteiger partial charge in [-0.05, 0) is 43.5 Å². The van der Waals surface area contributed by atoms with Gasteiger partial charge < -0.3 is 9.84 Å². The maximum atomic E-state index is 13.1. The van der Waals surface area contributed by atoms with E-state index in [1.165, 1.54) is 12.1 Å². The summed E-state index contributed by atoms with van der Waals surface area (Å²) in [6, 6.07) is 4.57. The standard InChI is InChI=1S/C13H17FO2S/c1-9(15)12-7-10(14)4-5-13(12)17-8-11-3-2-6-16-11/h4-5,7,9,11,15H,2-3,6,8H2,1H3. The predicted molar refractivity (Wildman–Crippen MR) is 66.7 cm³/mol. The van der Waals surface area contributed by atoms with E-state index in [4.69, 9.17) is 4.74 Å². The minimum absolute atomic E-state index is 0.298. The van der Waals surface area contributed by atoms with E-state index in [-0.39, 0.29) is 5.82 Å². The lowest BCUT2D eigenvalue weighted by molar-refractivity contribution is 0.129. The minimum atomic E-state index is -0.641. The van der Waals surface area contributed by atoms with Gasteiger partial charge in [-0.3, -0.25) is 0 Å². The van der Waals surface area contributed by atoms with Crippen molar-refractivity contribution in [3.63, 3.8) is 0 Å². The normalized spacial score (nSPS) is 21.7. The Kier molecular flexibility index (Phi) is 4.42. The van der Waals surface area contributed by atoms with Gasteiger partial charge in [-0.15, -0.1) is 11.8 Å². The number of benzene rings is 1. The fraction of sp³-hybridized carbons (Fsp3) is 0.538. The Morgan fingerprint density at radius 2 is 2.41 bits per heavy atom. The zero-order valence-electron chi connectivity index (χ0n) is 9.86. The molecule has 0 bridgehead atoms. The van der Waals surface area contributed by atoms with Crippen LogP contribution in [0.3, 0.4) is 0 Å². The molecule has 1 N–H and O–H groups in total. The third-order valence-corrected chi connectivity index (χ3v) is 4.09. The SMILES string of the molecule is CC(O)c1cc(F)ccc1SCC1CCCO1. The number of aliphatic hydroxyl groups is 1. The van der Waals surface area contributed by atoms with E-state index < -0.39 is 6.10 Å². The number of hydrogen-bond donors (Lipinski definition) is 1. The molecular formula is C13H17FO2S. The molecule has 1 fully saturated rings. The summed E-state index contributed by atoms with van der Waals surface area (Å²) < 4.78 is 18.6. The van der Waals surface area contributed by atoms with Gasteiger partial charge in [0.2, 0.25) is 0 Å². The Morgan fingerprint density at radius 3 is 3.06 bits per heavy atom. The summed E-state index contributed by atoms with van der Waals surface area (Å²) in [5.41, 5.74) is 0.660. The third kappa shape index (κ3) is 3.44. The van der Waals surface area contributed by atoms with Crippen LogP contribution >= 0.6 is 11.8 Å². The molecule has 1 aromatic carbocycles. The molecule has 0 amide bonds. The van der Waals surface area contributed by atoms with Gasteiger partial charge in [0.05, 0.1) is 12.2 Å². The molecule has 1 saturated heterocycles. The number of ether oxygens (including phenoxy) is 1. The lowest BCUT2D eigenvalue weighted by Gasteiger charge is -2.14. The molecule has 0 saturated carbocycles. The maximum absolute atomic E-state index is 13.1. The molecule has 2 atom stereocenters. The van der Waals surface area contributed by atoms with E-state index >= 15 is 0 Å². The van der Waals surface area contributed by atoms with Gasteiger partial charge in [0, 0.05) is 17.3 Å². The Balaban J connectivity index is 2.03. The fourth-order valence-corrected chi connectivity index (χ4v) is 3.12. The summed E-state index contributed by atoms with van der Waals surface area (Å²) in [6.07, 6.45) is 1.88. The van der Waals surface area contributed by atoms with Crippen molar-refractivity contribution in [3.8, 4) is 0 Å². The smallest absolute Gasteiger partial charge is 0.123 e. The Labute approximate surface area is 105 Å². The monoisotopic (exact) mass is 256 g/mol. The second-order valence-corrected chi connectivity index (χ2v) is 5.37. The van der Waals surface area contributed by atoms with Crippen molar-refractivity contribution in [2.24, 2.45) is 0 Å². The van der Waals surface area contributed by atoms with Gasteiger partial charge in [0.25, 0.3) is 0 Å². The van der Waals surface area contributed by atoms with E-state index in [0.29, 0.717) is 11.7 Å². The van der Waals surface area contributed by atoms with E-state index in [2.05, 4.69) is 0 Å². The number of thioether (sulfide) groups is 1. The molecule has 0 spiro atoms. The first kappa shape index (κ1) is 12.9. The van der Waals surface area contributed by atoms with Crippen LogP contribution in [0.1, 0.15) is 31.4 Å². The summed E-state index contributed by atoms with van der Waals surface area (Å²) in [5, 5.41) is 9.61. The molecule has 2 unspecified atom stereocenters. The van der Waals surface area contributed by atoms with Crippen molar-refractivity contribution in [1.29, 1.82) is 0 Å². The van der Waals surface area contributed by atoms with E-state index in [0.717, 1.165) is 30.1 Å². The zero-order valence-corrected chi connectivity index (χ0v) is 10.7. The number of hydrogen-bond acceptors (Lipinski definition) is 3. The van der Waals surface area contributed by atoms with Crippen molar-refractivity contribution < 1.29 is 14.2 Å². The quantitative estimate of drug-likeness (QED) is 0.839. The highest BCUT2D eigenvalue weighted by molar-refractivity contribution is 7.99. The highest BCUT2D eigenvalue weighted by Gasteiger charge is 2.17. The van der Waals surface area contributed by atoms with Crippen molar-refractivity contribution in [1.82, 2.24) is 0 Å². The second-order valence-electron chi connectivity index (χ2n) is 4.30. The van der Waals surface area contributed by atoms with Crippen LogP contribution in [-0.2, 0) is 4.74 Å². The molecule has 94 valence electrons. The van der Waals surface area contributed by atoms with E-state index in [9.17, 15) is 9.50 Å². The third-order valence-electron chi connectivity index (χ3n) is 2.87. The van der Waals surface area contributed by atoms with Crippen LogP contribution in [-0.4, -0.2) is 23.6 Å². The van der Waals surface area contributed by atoms with Crippen LogP contribution in [0, 0.1) is 5.82 Å². The first-order chi connectivity index (χ1) is 8.16. The van der Waals surface area contributed by atoms with Gasteiger partial charge in [0.15, 0.2) is 0 Å². The molecule has 0 aromatic heterocycles. The molecule has 0 radical (unpaired) electrons. The number of aliphatic hydroxyl groups excluding tert-OH is 1. The molecule has 0 aliphatic carbocycles. The van der Waals surface area contributed by atoms with E-state index in [1.807, 2.05) is 0 Å². The lowest BCUT2D eigenvalue weighted by Crippen LogP contribution is -2.08. The summed E-state index contributed by atoms with van der Waals surface area (Å²) in [4.78, 5) is 0.942. The molecule has 1 aliphatic heterocycles. The average Bonchev–Trinajstić information content (AvgIpc) is 2.80. The van der Waals surface area contributed by atoms with Crippen molar-refractivity contribution in [3.05, 3.63) is 29.6 Å². The minimum Gasteiger partial charge on any atom is -0.389 e. The largest absolute Gasteiger partial charge is 0.389 e. The topological polar surface area (TPSA) is 29.5 Å². The van der Waals surface area contributed by atoms with Crippen LogP contribution in [0.25, 0.3) is 0 Å². The molecule has 2 rings (SSSR count). The summed E-state index contributed by atoms with van der Waals surface area (Å²) in [6.45, 7) is 2.50. The molecule has 1 heterocycles. The molecule has 4 heteroatoms. The van der Waals surface area contributed by atoms with Crippen molar-refractivity contribution >= 4 is 11.8 Å². The fourth-order valence-electron chi connectivity index (χ4n) is 1.94. The van der Waals surface area contributed by atoms with Crippen LogP contribution in [0.15, 0.2) is 23.1 Å². The Bertz CT molecular complexity index is 376. The van der Waals surface area contributed by atoms with Crippen molar-refractivity contribution in [2.45, 2.75) is 36.9 Å². The Morgan fingerprint density at radius 1 is 1.59 bits per heavy atom. The van der Waals surface area contributed by atoms with Gasteiger partial charge in [0.1, 0.15) is 5.82 Å². The molecular weight excluding hydrogens is 239 g/mol. The average molecular weight is 256 g/mol. The van der Waals surface area contributed by atoms with Crippen LogP contribution in [0.4, 0.5) is 4.39 Å². The van der Waals surface area contributed by atoms with Gasteiger partial charge in [-0.25, -0.2) is 4.39 Å². The van der Waals surface area contributed by atoms with Gasteiger partial charge >= 0.3 is 0 Å². The summed E-state index contributed by atoms with van der Waals surface area (Å²) in [5.74, 6) is 0.563. The summed E-state index contributed by atoms with van der Waals surface area (Å²) >= 11 is 1.63. The number of rotatable bonds is 4. The number of halogens is 1.